The normalized spacial score (nSPS) is 36.9. The summed E-state index contributed by atoms with van der Waals surface area (Å²) in [7, 11) is 0. The summed E-state index contributed by atoms with van der Waals surface area (Å²) >= 11 is 1.89. The molecule has 1 aliphatic rings. The van der Waals surface area contributed by atoms with E-state index < -0.39 is 0 Å². The van der Waals surface area contributed by atoms with Crippen molar-refractivity contribution in [3.05, 3.63) is 0 Å². The number of hydrogen-bond donors (Lipinski definition) is 0. The molecular formula is C7H12OS. The minimum atomic E-state index is 0.304. The molecule has 1 fully saturated rings. The summed E-state index contributed by atoms with van der Waals surface area (Å²) in [6, 6.07) is 0. The molecule has 1 rings (SSSR count). The number of carbonyl (C=O) groups is 1. The Kier molecular flexibility index (Phi) is 2.17. The van der Waals surface area contributed by atoms with E-state index in [0.717, 1.165) is 11.5 Å². The summed E-state index contributed by atoms with van der Waals surface area (Å²) in [5, 5.41) is 0. The molecule has 0 spiro atoms. The van der Waals surface area contributed by atoms with Crippen LogP contribution in [0.3, 0.4) is 0 Å². The van der Waals surface area contributed by atoms with E-state index in [-0.39, 0.29) is 0 Å². The van der Waals surface area contributed by atoms with E-state index in [1.54, 1.807) is 0 Å². The minimum absolute atomic E-state index is 0.304. The summed E-state index contributed by atoms with van der Waals surface area (Å²) in [6.07, 6.45) is 0. The van der Waals surface area contributed by atoms with E-state index in [1.165, 1.54) is 0 Å². The maximum atomic E-state index is 11.1. The summed E-state index contributed by atoms with van der Waals surface area (Å²) in [5.74, 6) is 3.12. The van der Waals surface area contributed by atoms with Gasteiger partial charge in [0.15, 0.2) is 0 Å². The van der Waals surface area contributed by atoms with Crippen LogP contribution in [0.1, 0.15) is 13.8 Å². The third kappa shape index (κ3) is 1.48. The Bertz CT molecular complexity index is 110. The molecule has 0 aromatic heterocycles. The van der Waals surface area contributed by atoms with Gasteiger partial charge in [-0.3, -0.25) is 4.79 Å². The minimum Gasteiger partial charge on any atom is -0.299 e. The molecule has 0 aromatic carbocycles. The summed E-state index contributed by atoms with van der Waals surface area (Å²) in [6.45, 7) is 4.04. The Morgan fingerprint density at radius 1 is 1.33 bits per heavy atom. The zero-order valence-electron chi connectivity index (χ0n) is 5.89. The van der Waals surface area contributed by atoms with E-state index in [2.05, 4.69) is 0 Å². The molecule has 1 saturated heterocycles. The second-order valence-corrected chi connectivity index (χ2v) is 3.82. The molecule has 2 heteroatoms. The second kappa shape index (κ2) is 2.74. The fourth-order valence-corrected chi connectivity index (χ4v) is 2.24. The van der Waals surface area contributed by atoms with Crippen molar-refractivity contribution in [3.63, 3.8) is 0 Å². The van der Waals surface area contributed by atoms with Crippen LogP contribution in [0, 0.1) is 11.8 Å². The standard InChI is InChI=1S/C7H12OS/c1-5-3-9-4-6(2)7(5)8/h5-6H,3-4H2,1-2H3/t5-,6+. The molecule has 0 aliphatic carbocycles. The molecule has 0 amide bonds. The van der Waals surface area contributed by atoms with Gasteiger partial charge in [0, 0.05) is 23.3 Å². The topological polar surface area (TPSA) is 17.1 Å². The van der Waals surface area contributed by atoms with Gasteiger partial charge < -0.3 is 0 Å². The van der Waals surface area contributed by atoms with Crippen molar-refractivity contribution >= 4 is 17.5 Å². The number of Topliss-reactive ketones (excluding diaryl/α,β-unsaturated/α-hetero) is 1. The van der Waals surface area contributed by atoms with Crippen LogP contribution >= 0.6 is 11.8 Å². The Morgan fingerprint density at radius 3 is 2.11 bits per heavy atom. The summed E-state index contributed by atoms with van der Waals surface area (Å²) in [5.41, 5.74) is 0. The van der Waals surface area contributed by atoms with Crippen molar-refractivity contribution in [1.82, 2.24) is 0 Å². The van der Waals surface area contributed by atoms with Gasteiger partial charge in [0.1, 0.15) is 5.78 Å². The maximum absolute atomic E-state index is 11.1. The van der Waals surface area contributed by atoms with E-state index in [9.17, 15) is 4.79 Å². The highest BCUT2D eigenvalue weighted by atomic mass is 32.2. The van der Waals surface area contributed by atoms with Crippen LogP contribution in [0.4, 0.5) is 0 Å². The van der Waals surface area contributed by atoms with Crippen LogP contribution in [0.25, 0.3) is 0 Å². The Balaban J connectivity index is 2.52. The molecule has 52 valence electrons. The molecular weight excluding hydrogens is 132 g/mol. The quantitative estimate of drug-likeness (QED) is 0.513. The molecule has 0 aromatic rings. The van der Waals surface area contributed by atoms with Crippen LogP contribution in [0.2, 0.25) is 0 Å². The molecule has 0 radical (unpaired) electrons. The number of ketones is 1. The Morgan fingerprint density at radius 2 is 1.78 bits per heavy atom. The largest absolute Gasteiger partial charge is 0.299 e. The first kappa shape index (κ1) is 7.13. The fraction of sp³-hybridized carbons (Fsp3) is 0.857. The van der Waals surface area contributed by atoms with Crippen LogP contribution in [-0.4, -0.2) is 17.3 Å². The van der Waals surface area contributed by atoms with Gasteiger partial charge in [0.2, 0.25) is 0 Å². The van der Waals surface area contributed by atoms with E-state index >= 15 is 0 Å². The van der Waals surface area contributed by atoms with E-state index in [0.29, 0.717) is 17.6 Å². The first-order valence-electron chi connectivity index (χ1n) is 3.33. The monoisotopic (exact) mass is 144 g/mol. The van der Waals surface area contributed by atoms with Crippen LogP contribution in [0.5, 0.6) is 0 Å². The highest BCUT2D eigenvalue weighted by Crippen LogP contribution is 2.23. The van der Waals surface area contributed by atoms with Gasteiger partial charge in [-0.15, -0.1) is 0 Å². The van der Waals surface area contributed by atoms with Gasteiger partial charge in [0.25, 0.3) is 0 Å². The zero-order valence-corrected chi connectivity index (χ0v) is 6.70. The molecule has 1 nitrogen and oxygen atoms in total. The van der Waals surface area contributed by atoms with E-state index in [1.807, 2.05) is 25.6 Å². The average molecular weight is 144 g/mol. The van der Waals surface area contributed by atoms with E-state index in [4.69, 9.17) is 0 Å². The van der Waals surface area contributed by atoms with Crippen LogP contribution < -0.4 is 0 Å². The number of hydrogen-bond acceptors (Lipinski definition) is 2. The maximum Gasteiger partial charge on any atom is 0.140 e. The van der Waals surface area contributed by atoms with Gasteiger partial charge in [-0.25, -0.2) is 0 Å². The van der Waals surface area contributed by atoms with Crippen LogP contribution in [0.15, 0.2) is 0 Å². The lowest BCUT2D eigenvalue weighted by Crippen LogP contribution is -2.27. The molecule has 2 atom stereocenters. The highest BCUT2D eigenvalue weighted by Gasteiger charge is 2.24. The molecule has 0 unspecified atom stereocenters. The summed E-state index contributed by atoms with van der Waals surface area (Å²) < 4.78 is 0. The van der Waals surface area contributed by atoms with Gasteiger partial charge in [-0.2, -0.15) is 11.8 Å². The zero-order chi connectivity index (χ0) is 6.85. The lowest BCUT2D eigenvalue weighted by molar-refractivity contribution is -0.124. The third-order valence-electron chi connectivity index (χ3n) is 1.71. The third-order valence-corrected chi connectivity index (χ3v) is 3.18. The second-order valence-electron chi connectivity index (χ2n) is 2.74. The number of carbonyl (C=O) groups excluding carboxylic acids is 1. The van der Waals surface area contributed by atoms with Crippen molar-refractivity contribution in [2.45, 2.75) is 13.8 Å². The lowest BCUT2D eigenvalue weighted by Gasteiger charge is -2.21. The first-order valence-corrected chi connectivity index (χ1v) is 4.48. The molecule has 0 N–H and O–H groups in total. The Labute approximate surface area is 60.2 Å². The van der Waals surface area contributed by atoms with Crippen molar-refractivity contribution in [3.8, 4) is 0 Å². The van der Waals surface area contributed by atoms with Gasteiger partial charge in [-0.05, 0) is 0 Å². The van der Waals surface area contributed by atoms with Crippen molar-refractivity contribution in [1.29, 1.82) is 0 Å². The van der Waals surface area contributed by atoms with Crippen molar-refractivity contribution < 1.29 is 4.79 Å². The van der Waals surface area contributed by atoms with Crippen LogP contribution in [-0.2, 0) is 4.79 Å². The molecule has 0 bridgehead atoms. The summed E-state index contributed by atoms with van der Waals surface area (Å²) in [4.78, 5) is 11.1. The predicted octanol–water partition coefficient (Wildman–Crippen LogP) is 1.57. The van der Waals surface area contributed by atoms with Gasteiger partial charge in [-0.1, -0.05) is 13.8 Å². The first-order chi connectivity index (χ1) is 4.22. The van der Waals surface area contributed by atoms with Gasteiger partial charge >= 0.3 is 0 Å². The molecule has 1 heterocycles. The average Bonchev–Trinajstić information content (AvgIpc) is 1.83. The molecule has 1 aliphatic heterocycles. The fourth-order valence-electron chi connectivity index (χ4n) is 1.07. The molecule has 9 heavy (non-hydrogen) atoms. The Hall–Kier alpha value is 0.0200. The van der Waals surface area contributed by atoms with Gasteiger partial charge in [0.05, 0.1) is 0 Å². The van der Waals surface area contributed by atoms with Crippen molar-refractivity contribution in [2.24, 2.45) is 11.8 Å². The molecule has 0 saturated carbocycles. The number of rotatable bonds is 0. The highest BCUT2D eigenvalue weighted by molar-refractivity contribution is 7.99. The lowest BCUT2D eigenvalue weighted by atomic mass is 9.98. The predicted molar refractivity (Wildman–Crippen MR) is 40.7 cm³/mol. The van der Waals surface area contributed by atoms with Crippen molar-refractivity contribution in [2.75, 3.05) is 11.5 Å². The SMILES string of the molecule is C[C@@H]1CSC[C@H](C)C1=O. The number of thioether (sulfide) groups is 1. The smallest absolute Gasteiger partial charge is 0.140 e.